The Bertz CT molecular complexity index is 910. The topological polar surface area (TPSA) is 59.5 Å². The smallest absolute Gasteiger partial charge is 0.252 e. The lowest BCUT2D eigenvalue weighted by Crippen LogP contribution is -2.31. The zero-order valence-electron chi connectivity index (χ0n) is 13.0. The van der Waals surface area contributed by atoms with Gasteiger partial charge in [-0.25, -0.2) is 13.4 Å². The molecule has 126 valence electrons. The molecule has 0 aromatic carbocycles. The van der Waals surface area contributed by atoms with Gasteiger partial charge in [-0.2, -0.15) is 4.31 Å². The van der Waals surface area contributed by atoms with Gasteiger partial charge in [-0.15, -0.1) is 22.7 Å². The van der Waals surface area contributed by atoms with Gasteiger partial charge in [0, 0.05) is 30.3 Å². The zero-order valence-corrected chi connectivity index (χ0v) is 15.4. The molecule has 0 N–H and O–H groups in total. The van der Waals surface area contributed by atoms with E-state index in [9.17, 15) is 8.42 Å². The number of nitrogens with zero attached hydrogens (tertiary/aromatic N) is 2. The van der Waals surface area contributed by atoms with Crippen molar-refractivity contribution in [2.24, 2.45) is 11.8 Å². The van der Waals surface area contributed by atoms with Gasteiger partial charge in [0.05, 0.1) is 27.8 Å². The van der Waals surface area contributed by atoms with Crippen LogP contribution in [0.15, 0.2) is 33.9 Å². The SMILES string of the molecule is Cc1nc(-c2ccc(S(=O)(=O)N3CC4C5C=CC(O5)C4C3)s2)cs1. The van der Waals surface area contributed by atoms with Crippen LogP contribution < -0.4 is 0 Å². The van der Waals surface area contributed by atoms with E-state index in [0.717, 1.165) is 15.6 Å². The summed E-state index contributed by atoms with van der Waals surface area (Å²) in [5, 5.41) is 2.96. The lowest BCUT2D eigenvalue weighted by Gasteiger charge is -2.17. The minimum atomic E-state index is -3.44. The Morgan fingerprint density at radius 2 is 1.92 bits per heavy atom. The summed E-state index contributed by atoms with van der Waals surface area (Å²) in [5.74, 6) is 0.603. The normalized spacial score (nSPS) is 31.9. The van der Waals surface area contributed by atoms with E-state index >= 15 is 0 Å². The molecule has 0 radical (unpaired) electrons. The van der Waals surface area contributed by atoms with Gasteiger partial charge in [-0.3, -0.25) is 0 Å². The molecule has 0 amide bonds. The Kier molecular flexibility index (Phi) is 3.31. The van der Waals surface area contributed by atoms with Crippen molar-refractivity contribution in [1.82, 2.24) is 9.29 Å². The Hall–Kier alpha value is -1.06. The van der Waals surface area contributed by atoms with Crippen molar-refractivity contribution in [2.75, 3.05) is 13.1 Å². The van der Waals surface area contributed by atoms with Crippen LogP contribution in [0.2, 0.25) is 0 Å². The maximum absolute atomic E-state index is 13.0. The molecule has 2 fully saturated rings. The summed E-state index contributed by atoms with van der Waals surface area (Å²) in [6.45, 7) is 3.07. The van der Waals surface area contributed by atoms with Crippen LogP contribution in [0, 0.1) is 18.8 Å². The second-order valence-electron chi connectivity index (χ2n) is 6.47. The Morgan fingerprint density at radius 3 is 2.54 bits per heavy atom. The van der Waals surface area contributed by atoms with Crippen molar-refractivity contribution in [3.63, 3.8) is 0 Å². The van der Waals surface area contributed by atoms with Crippen LogP contribution in [0.5, 0.6) is 0 Å². The molecule has 3 aliphatic heterocycles. The molecule has 0 spiro atoms. The predicted molar refractivity (Wildman–Crippen MR) is 93.7 cm³/mol. The summed E-state index contributed by atoms with van der Waals surface area (Å²) in [4.78, 5) is 5.35. The number of fused-ring (bicyclic) bond motifs is 5. The number of thiazole rings is 1. The summed E-state index contributed by atoms with van der Waals surface area (Å²) in [6.07, 6.45) is 4.35. The van der Waals surface area contributed by atoms with Gasteiger partial charge >= 0.3 is 0 Å². The van der Waals surface area contributed by atoms with E-state index in [-0.39, 0.29) is 12.2 Å². The van der Waals surface area contributed by atoms with Gasteiger partial charge in [0.25, 0.3) is 10.0 Å². The van der Waals surface area contributed by atoms with E-state index in [2.05, 4.69) is 17.1 Å². The molecule has 3 aliphatic rings. The molecule has 0 saturated carbocycles. The van der Waals surface area contributed by atoms with Crippen LogP contribution in [0.4, 0.5) is 0 Å². The highest BCUT2D eigenvalue weighted by Crippen LogP contribution is 2.45. The quantitative estimate of drug-likeness (QED) is 0.769. The first-order valence-electron chi connectivity index (χ1n) is 7.89. The second kappa shape index (κ2) is 5.22. The summed E-state index contributed by atoms with van der Waals surface area (Å²) in [5.41, 5.74) is 0.859. The molecule has 5 rings (SSSR count). The number of thiophene rings is 1. The molecule has 5 nitrogen and oxygen atoms in total. The lowest BCUT2D eigenvalue weighted by molar-refractivity contribution is 0.0930. The summed E-state index contributed by atoms with van der Waals surface area (Å²) >= 11 is 2.88. The molecular weight excluding hydrogens is 364 g/mol. The summed E-state index contributed by atoms with van der Waals surface area (Å²) in [7, 11) is -3.44. The molecule has 5 heterocycles. The van der Waals surface area contributed by atoms with Crippen molar-refractivity contribution >= 4 is 32.7 Å². The highest BCUT2D eigenvalue weighted by molar-refractivity contribution is 7.91. The van der Waals surface area contributed by atoms with Crippen molar-refractivity contribution in [2.45, 2.75) is 23.3 Å². The van der Waals surface area contributed by atoms with Crippen LogP contribution in [-0.2, 0) is 14.8 Å². The largest absolute Gasteiger partial charge is 0.366 e. The van der Waals surface area contributed by atoms with Crippen molar-refractivity contribution in [1.29, 1.82) is 0 Å². The summed E-state index contributed by atoms with van der Waals surface area (Å²) in [6, 6.07) is 3.57. The molecule has 8 heteroatoms. The number of sulfonamides is 1. The first kappa shape index (κ1) is 15.2. The average Bonchev–Trinajstić information content (AvgIpc) is 3.32. The van der Waals surface area contributed by atoms with Gasteiger partial charge in [0.15, 0.2) is 0 Å². The van der Waals surface area contributed by atoms with Gasteiger partial charge in [-0.1, -0.05) is 12.2 Å². The minimum Gasteiger partial charge on any atom is -0.366 e. The maximum atomic E-state index is 13.0. The Morgan fingerprint density at radius 1 is 1.21 bits per heavy atom. The van der Waals surface area contributed by atoms with Crippen LogP contribution in [0.25, 0.3) is 10.6 Å². The van der Waals surface area contributed by atoms with Gasteiger partial charge in [0.1, 0.15) is 4.21 Å². The fourth-order valence-electron chi connectivity index (χ4n) is 3.89. The molecule has 4 unspecified atom stereocenters. The van der Waals surface area contributed by atoms with Crippen LogP contribution in [-0.4, -0.2) is 43.0 Å². The Balaban J connectivity index is 1.42. The van der Waals surface area contributed by atoms with E-state index in [4.69, 9.17) is 4.74 Å². The maximum Gasteiger partial charge on any atom is 0.252 e. The van der Waals surface area contributed by atoms with Crippen molar-refractivity contribution in [3.8, 4) is 10.6 Å². The third-order valence-electron chi connectivity index (χ3n) is 5.07. The van der Waals surface area contributed by atoms with Crippen LogP contribution in [0.1, 0.15) is 5.01 Å². The minimum absolute atomic E-state index is 0.0945. The van der Waals surface area contributed by atoms with Crippen LogP contribution >= 0.6 is 22.7 Å². The molecule has 0 aliphatic carbocycles. The standard InChI is InChI=1S/C16H16N2O3S3/c1-9-17-12(8-22-9)15-4-5-16(23-15)24(19,20)18-6-10-11(7-18)14-3-2-13(10)21-14/h2-5,8,10-11,13-14H,6-7H2,1H3. The third kappa shape index (κ3) is 2.17. The molecule has 2 aromatic rings. The highest BCUT2D eigenvalue weighted by atomic mass is 32.2. The molecule has 2 bridgehead atoms. The number of aromatic nitrogens is 1. The first-order chi connectivity index (χ1) is 11.5. The van der Waals surface area contributed by atoms with E-state index in [1.165, 1.54) is 11.3 Å². The highest BCUT2D eigenvalue weighted by Gasteiger charge is 2.53. The number of aryl methyl sites for hydroxylation is 1. The molecule has 2 aromatic heterocycles. The first-order valence-corrected chi connectivity index (χ1v) is 11.0. The average molecular weight is 381 g/mol. The zero-order chi connectivity index (χ0) is 16.5. The van der Waals surface area contributed by atoms with Gasteiger partial charge in [-0.05, 0) is 19.1 Å². The monoisotopic (exact) mass is 380 g/mol. The number of hydrogen-bond donors (Lipinski definition) is 0. The molecule has 2 saturated heterocycles. The fraction of sp³-hybridized carbons (Fsp3) is 0.438. The fourth-order valence-corrected chi connectivity index (χ4v) is 7.51. The van der Waals surface area contributed by atoms with E-state index < -0.39 is 10.0 Å². The predicted octanol–water partition coefficient (Wildman–Crippen LogP) is 2.75. The van der Waals surface area contributed by atoms with Crippen molar-refractivity contribution in [3.05, 3.63) is 34.7 Å². The van der Waals surface area contributed by atoms with E-state index in [0.29, 0.717) is 29.1 Å². The van der Waals surface area contributed by atoms with Gasteiger partial charge in [0.2, 0.25) is 0 Å². The second-order valence-corrected chi connectivity index (χ2v) is 10.8. The van der Waals surface area contributed by atoms with Gasteiger partial charge < -0.3 is 4.74 Å². The van der Waals surface area contributed by atoms with E-state index in [1.54, 1.807) is 21.7 Å². The number of rotatable bonds is 3. The number of hydrogen-bond acceptors (Lipinski definition) is 6. The third-order valence-corrected chi connectivity index (χ3v) is 9.25. The Labute approximate surface area is 148 Å². The van der Waals surface area contributed by atoms with Crippen LogP contribution in [0.3, 0.4) is 0 Å². The molecule has 4 atom stereocenters. The molecular formula is C16H16N2O3S3. The van der Waals surface area contributed by atoms with Crippen molar-refractivity contribution < 1.29 is 13.2 Å². The lowest BCUT2D eigenvalue weighted by atomic mass is 9.86. The number of ether oxygens (including phenoxy) is 1. The van der Waals surface area contributed by atoms with E-state index in [1.807, 2.05) is 18.4 Å². The molecule has 24 heavy (non-hydrogen) atoms. The summed E-state index contributed by atoms with van der Waals surface area (Å²) < 4.78 is 33.9.